The molecule has 208 valence electrons. The van der Waals surface area contributed by atoms with E-state index in [9.17, 15) is 29.4 Å². The maximum absolute atomic E-state index is 13.9. The van der Waals surface area contributed by atoms with E-state index in [0.29, 0.717) is 40.2 Å². The lowest BCUT2D eigenvalue weighted by molar-refractivity contribution is -0.145. The summed E-state index contributed by atoms with van der Waals surface area (Å²) in [6.07, 6.45) is 0.202. The van der Waals surface area contributed by atoms with Crippen molar-refractivity contribution in [2.45, 2.75) is 77.4 Å². The fourth-order valence-electron chi connectivity index (χ4n) is 4.94. The van der Waals surface area contributed by atoms with E-state index in [0.717, 1.165) is 11.3 Å². The van der Waals surface area contributed by atoms with Crippen LogP contribution in [0.4, 0.5) is 4.79 Å². The van der Waals surface area contributed by atoms with Gasteiger partial charge in [-0.1, -0.05) is 63.7 Å². The molecule has 6 N–H and O–H groups in total. The van der Waals surface area contributed by atoms with Crippen molar-refractivity contribution in [2.75, 3.05) is 0 Å². The molecule has 0 spiro atoms. The van der Waals surface area contributed by atoms with Gasteiger partial charge in [0.05, 0.1) is 10.5 Å². The van der Waals surface area contributed by atoms with Gasteiger partial charge in [-0.3, -0.25) is 9.59 Å². The van der Waals surface area contributed by atoms with Crippen LogP contribution in [0.15, 0.2) is 12.1 Å². The minimum atomic E-state index is -1.54. The fourth-order valence-corrected chi connectivity index (χ4v) is 5.48. The molecule has 0 radical (unpaired) electrons. The number of H-pyrrole nitrogens is 1. The molecule has 12 heteroatoms. The molecule has 1 aromatic carbocycles. The Morgan fingerprint density at radius 1 is 1.03 bits per heavy atom. The summed E-state index contributed by atoms with van der Waals surface area (Å²) in [6.45, 7) is 7.11. The molecule has 0 bridgehead atoms. The highest BCUT2D eigenvalue weighted by molar-refractivity contribution is 6.38. The third-order valence-electron chi connectivity index (χ3n) is 7.64. The van der Waals surface area contributed by atoms with Crippen LogP contribution >= 0.6 is 23.2 Å². The van der Waals surface area contributed by atoms with Gasteiger partial charge in [0, 0.05) is 22.5 Å². The molecule has 0 aliphatic heterocycles. The van der Waals surface area contributed by atoms with Crippen LogP contribution in [-0.4, -0.2) is 56.7 Å². The zero-order valence-corrected chi connectivity index (χ0v) is 23.3. The van der Waals surface area contributed by atoms with E-state index in [-0.39, 0.29) is 24.7 Å². The molecule has 3 amide bonds. The third kappa shape index (κ3) is 6.02. The van der Waals surface area contributed by atoms with E-state index in [1.165, 1.54) is 0 Å². The zero-order valence-electron chi connectivity index (χ0n) is 21.8. The van der Waals surface area contributed by atoms with Crippen LogP contribution < -0.4 is 16.0 Å². The van der Waals surface area contributed by atoms with Crippen LogP contribution in [0.3, 0.4) is 0 Å². The van der Waals surface area contributed by atoms with Crippen molar-refractivity contribution in [3.05, 3.63) is 33.4 Å². The van der Waals surface area contributed by atoms with Crippen molar-refractivity contribution in [3.63, 3.8) is 0 Å². The Hall–Kier alpha value is -2.98. The lowest BCUT2D eigenvalue weighted by Crippen LogP contribution is -2.66. The quantitative estimate of drug-likeness (QED) is 0.252. The summed E-state index contributed by atoms with van der Waals surface area (Å²) in [5.74, 6) is -3.21. The molecule has 0 saturated carbocycles. The molecule has 1 aromatic heterocycles. The SMILES string of the molecule is CC[C@H](C)[C@H](NC(=O)[C@@]1(NC(=O)[C@@H](NC(=O)O)[C@@H](C)CC)CCc2[nH]c3c(Cl)cc(Cl)cc3c2C1)C(=O)O. The Labute approximate surface area is 230 Å². The first-order valence-electron chi connectivity index (χ1n) is 12.7. The maximum atomic E-state index is 13.9. The van der Waals surface area contributed by atoms with Gasteiger partial charge in [-0.15, -0.1) is 0 Å². The van der Waals surface area contributed by atoms with Crippen LogP contribution in [0.5, 0.6) is 0 Å². The number of aliphatic carboxylic acids is 1. The molecule has 1 heterocycles. The minimum Gasteiger partial charge on any atom is -0.480 e. The number of carboxylic acid groups (broad SMARTS) is 2. The number of carbonyl (C=O) groups is 4. The zero-order chi connectivity index (χ0) is 28.4. The van der Waals surface area contributed by atoms with E-state index in [1.54, 1.807) is 26.0 Å². The molecule has 0 saturated heterocycles. The molecule has 1 aliphatic rings. The number of carboxylic acids is 1. The van der Waals surface area contributed by atoms with E-state index >= 15 is 0 Å². The van der Waals surface area contributed by atoms with Gasteiger partial charge in [-0.25, -0.2) is 9.59 Å². The second kappa shape index (κ2) is 11.8. The molecule has 38 heavy (non-hydrogen) atoms. The summed E-state index contributed by atoms with van der Waals surface area (Å²) < 4.78 is 0. The topological polar surface area (TPSA) is 161 Å². The van der Waals surface area contributed by atoms with Gasteiger partial charge in [0.2, 0.25) is 11.8 Å². The number of carbonyl (C=O) groups excluding carboxylic acids is 2. The van der Waals surface area contributed by atoms with E-state index in [1.807, 2.05) is 13.8 Å². The molecular weight excluding hydrogens is 535 g/mol. The summed E-state index contributed by atoms with van der Waals surface area (Å²) in [5, 5.41) is 28.4. The van der Waals surface area contributed by atoms with Crippen molar-refractivity contribution >= 4 is 58.0 Å². The van der Waals surface area contributed by atoms with Gasteiger partial charge >= 0.3 is 12.1 Å². The molecule has 0 fully saturated rings. The number of aromatic amines is 1. The Morgan fingerprint density at radius 2 is 1.66 bits per heavy atom. The third-order valence-corrected chi connectivity index (χ3v) is 8.15. The van der Waals surface area contributed by atoms with Crippen LogP contribution in [0, 0.1) is 11.8 Å². The second-order valence-electron chi connectivity index (χ2n) is 10.1. The Morgan fingerprint density at radius 3 is 2.24 bits per heavy atom. The number of fused-ring (bicyclic) bond motifs is 3. The van der Waals surface area contributed by atoms with Crippen LogP contribution in [0.25, 0.3) is 10.9 Å². The maximum Gasteiger partial charge on any atom is 0.405 e. The number of nitrogens with one attached hydrogen (secondary N) is 4. The Bertz CT molecular complexity index is 1250. The van der Waals surface area contributed by atoms with E-state index in [2.05, 4.69) is 20.9 Å². The largest absolute Gasteiger partial charge is 0.480 e. The summed E-state index contributed by atoms with van der Waals surface area (Å²) in [5.41, 5.74) is 0.672. The molecule has 5 atom stereocenters. The standard InChI is InChI=1S/C26H34Cl2N4O6/c1-5-12(3)19(31-25(37)38)22(33)32-26(24(36)30-20(23(34)35)13(4)6-2)8-7-18-16(11-26)15-9-14(27)10-17(28)21(15)29-18/h9-10,12-13,19-20,29,31H,5-8,11H2,1-4H3,(H,30,36)(H,32,33)(H,34,35)(H,37,38)/t12-,13-,19-,20-,26+/m0/s1. The molecular formula is C26H34Cl2N4O6. The number of rotatable bonds is 10. The van der Waals surface area contributed by atoms with E-state index < -0.39 is 41.5 Å². The van der Waals surface area contributed by atoms with Crippen molar-refractivity contribution < 1.29 is 29.4 Å². The van der Waals surface area contributed by atoms with Crippen molar-refractivity contribution in [3.8, 4) is 0 Å². The van der Waals surface area contributed by atoms with Gasteiger partial charge < -0.3 is 31.1 Å². The highest BCUT2D eigenvalue weighted by Gasteiger charge is 2.47. The normalized spacial score (nSPS) is 20.1. The van der Waals surface area contributed by atoms with Gasteiger partial charge in [-0.2, -0.15) is 0 Å². The summed E-state index contributed by atoms with van der Waals surface area (Å²) in [4.78, 5) is 54.1. The average Bonchev–Trinajstić information content (AvgIpc) is 3.22. The van der Waals surface area contributed by atoms with Crippen LogP contribution in [0.2, 0.25) is 10.0 Å². The number of hydrogen-bond acceptors (Lipinski definition) is 4. The van der Waals surface area contributed by atoms with Crippen molar-refractivity contribution in [2.24, 2.45) is 11.8 Å². The summed E-state index contributed by atoms with van der Waals surface area (Å²) >= 11 is 12.7. The molecule has 2 aromatic rings. The first-order valence-corrected chi connectivity index (χ1v) is 13.4. The highest BCUT2D eigenvalue weighted by atomic mass is 35.5. The lowest BCUT2D eigenvalue weighted by atomic mass is 9.78. The number of benzene rings is 1. The van der Waals surface area contributed by atoms with Crippen LogP contribution in [0.1, 0.15) is 58.2 Å². The molecule has 3 rings (SSSR count). The van der Waals surface area contributed by atoms with Gasteiger partial charge in [-0.05, 0) is 42.4 Å². The average molecular weight is 569 g/mol. The molecule has 10 nitrogen and oxygen atoms in total. The van der Waals surface area contributed by atoms with Gasteiger partial charge in [0.15, 0.2) is 0 Å². The number of hydrogen-bond donors (Lipinski definition) is 6. The first kappa shape index (κ1) is 29.6. The number of halogens is 2. The number of amides is 3. The number of aryl methyl sites for hydroxylation is 1. The highest BCUT2D eigenvalue weighted by Crippen LogP contribution is 2.38. The van der Waals surface area contributed by atoms with Crippen LogP contribution in [-0.2, 0) is 27.2 Å². The summed E-state index contributed by atoms with van der Waals surface area (Å²) in [7, 11) is 0. The second-order valence-corrected chi connectivity index (χ2v) is 11.0. The minimum absolute atomic E-state index is 0.0315. The fraction of sp³-hybridized carbons (Fsp3) is 0.538. The first-order chi connectivity index (χ1) is 17.8. The Kier molecular flexibility index (Phi) is 9.20. The molecule has 1 aliphatic carbocycles. The van der Waals surface area contributed by atoms with E-state index in [4.69, 9.17) is 23.2 Å². The lowest BCUT2D eigenvalue weighted by Gasteiger charge is -2.39. The van der Waals surface area contributed by atoms with Gasteiger partial charge in [0.1, 0.15) is 17.6 Å². The van der Waals surface area contributed by atoms with Crippen molar-refractivity contribution in [1.82, 2.24) is 20.9 Å². The smallest absolute Gasteiger partial charge is 0.405 e. The van der Waals surface area contributed by atoms with Crippen molar-refractivity contribution in [1.29, 1.82) is 0 Å². The predicted octanol–water partition coefficient (Wildman–Crippen LogP) is 4.12. The molecule has 0 unspecified atom stereocenters. The van der Waals surface area contributed by atoms with Gasteiger partial charge in [0.25, 0.3) is 0 Å². The number of aromatic nitrogens is 1. The predicted molar refractivity (Wildman–Crippen MR) is 145 cm³/mol. The monoisotopic (exact) mass is 568 g/mol. The summed E-state index contributed by atoms with van der Waals surface area (Å²) in [6, 6.07) is 1.05. The Balaban J connectivity index is 2.08.